The van der Waals surface area contributed by atoms with Crippen molar-refractivity contribution < 1.29 is 4.39 Å². The molecule has 1 saturated carbocycles. The van der Waals surface area contributed by atoms with Crippen LogP contribution in [0.3, 0.4) is 0 Å². The zero-order chi connectivity index (χ0) is 12.5. The van der Waals surface area contributed by atoms with Crippen LogP contribution in [0.5, 0.6) is 0 Å². The third kappa shape index (κ3) is 2.71. The number of hydrogen-bond donors (Lipinski definition) is 1. The van der Waals surface area contributed by atoms with Gasteiger partial charge in [0.2, 0.25) is 0 Å². The first-order valence-electron chi connectivity index (χ1n) is 5.85. The summed E-state index contributed by atoms with van der Waals surface area (Å²) < 4.78 is 13.4. The Labute approximate surface area is 114 Å². The molecule has 0 spiro atoms. The molecule has 1 heterocycles. The van der Waals surface area contributed by atoms with E-state index >= 15 is 0 Å². The maximum absolute atomic E-state index is 13.4. The van der Waals surface area contributed by atoms with E-state index in [-0.39, 0.29) is 5.02 Å². The van der Waals surface area contributed by atoms with Crippen molar-refractivity contribution >= 4 is 22.9 Å². The van der Waals surface area contributed by atoms with Crippen molar-refractivity contribution in [3.05, 3.63) is 40.1 Å². The molecule has 94 valence electrons. The van der Waals surface area contributed by atoms with E-state index in [0.717, 1.165) is 22.8 Å². The van der Waals surface area contributed by atoms with Gasteiger partial charge in [0.1, 0.15) is 10.8 Å². The highest BCUT2D eigenvalue weighted by Gasteiger charge is 2.20. The van der Waals surface area contributed by atoms with E-state index < -0.39 is 5.82 Å². The van der Waals surface area contributed by atoms with Crippen LogP contribution in [-0.4, -0.2) is 11.0 Å². The normalized spacial score (nSPS) is 15.0. The molecule has 1 aromatic carbocycles. The van der Waals surface area contributed by atoms with E-state index in [4.69, 9.17) is 11.6 Å². The predicted octanol–water partition coefficient (Wildman–Crippen LogP) is 3.85. The van der Waals surface area contributed by atoms with E-state index in [2.05, 4.69) is 10.3 Å². The number of rotatable bonds is 4. The Morgan fingerprint density at radius 1 is 1.44 bits per heavy atom. The molecule has 1 fully saturated rings. The number of hydrogen-bond acceptors (Lipinski definition) is 3. The van der Waals surface area contributed by atoms with Crippen molar-refractivity contribution in [2.75, 3.05) is 0 Å². The molecule has 0 saturated heterocycles. The summed E-state index contributed by atoms with van der Waals surface area (Å²) in [6, 6.07) is 5.46. The standard InChI is InChI=1S/C13H12ClFN2S/c14-11-4-1-8(5-12(11)15)13-17-10(7-18-13)6-16-9-2-3-9/h1,4-5,7,9,16H,2-3,6H2. The third-order valence-corrected chi connectivity index (χ3v) is 4.11. The van der Waals surface area contributed by atoms with Crippen LogP contribution in [0.15, 0.2) is 23.6 Å². The predicted molar refractivity (Wildman–Crippen MR) is 72.4 cm³/mol. The Hall–Kier alpha value is -0.970. The van der Waals surface area contributed by atoms with Crippen molar-refractivity contribution in [2.45, 2.75) is 25.4 Å². The number of benzene rings is 1. The van der Waals surface area contributed by atoms with E-state index in [9.17, 15) is 4.39 Å². The maximum atomic E-state index is 13.4. The monoisotopic (exact) mass is 282 g/mol. The first-order chi connectivity index (χ1) is 8.72. The van der Waals surface area contributed by atoms with Crippen molar-refractivity contribution in [3.63, 3.8) is 0 Å². The van der Waals surface area contributed by atoms with Gasteiger partial charge in [-0.05, 0) is 25.0 Å². The van der Waals surface area contributed by atoms with Gasteiger partial charge >= 0.3 is 0 Å². The molecule has 3 rings (SSSR count). The lowest BCUT2D eigenvalue weighted by Crippen LogP contribution is -2.15. The minimum atomic E-state index is -0.401. The molecular weight excluding hydrogens is 271 g/mol. The quantitative estimate of drug-likeness (QED) is 0.921. The summed E-state index contributed by atoms with van der Waals surface area (Å²) in [5.74, 6) is -0.401. The van der Waals surface area contributed by atoms with Gasteiger partial charge in [0.15, 0.2) is 0 Å². The summed E-state index contributed by atoms with van der Waals surface area (Å²) in [7, 11) is 0. The van der Waals surface area contributed by atoms with Gasteiger partial charge in [-0.2, -0.15) is 0 Å². The number of aromatic nitrogens is 1. The molecule has 1 aliphatic rings. The summed E-state index contributed by atoms with van der Waals surface area (Å²) in [4.78, 5) is 4.50. The van der Waals surface area contributed by atoms with Crippen LogP contribution in [0, 0.1) is 5.82 Å². The van der Waals surface area contributed by atoms with E-state index in [0.29, 0.717) is 6.04 Å². The Morgan fingerprint density at radius 2 is 2.28 bits per heavy atom. The molecule has 5 heteroatoms. The topological polar surface area (TPSA) is 24.9 Å². The molecule has 1 aromatic heterocycles. The van der Waals surface area contributed by atoms with E-state index in [1.165, 1.54) is 30.2 Å². The number of halogens is 2. The molecule has 0 atom stereocenters. The summed E-state index contributed by atoms with van der Waals surface area (Å²) in [6.07, 6.45) is 2.53. The molecule has 0 aliphatic heterocycles. The Balaban J connectivity index is 1.76. The third-order valence-electron chi connectivity index (χ3n) is 2.87. The lowest BCUT2D eigenvalue weighted by Gasteiger charge is -1.99. The fourth-order valence-electron chi connectivity index (χ4n) is 1.69. The molecule has 0 bridgehead atoms. The van der Waals surface area contributed by atoms with Crippen LogP contribution in [-0.2, 0) is 6.54 Å². The van der Waals surface area contributed by atoms with Crippen molar-refractivity contribution in [1.82, 2.24) is 10.3 Å². The summed E-state index contributed by atoms with van der Waals surface area (Å²) >= 11 is 7.19. The summed E-state index contributed by atoms with van der Waals surface area (Å²) in [5, 5.41) is 6.39. The Bertz CT molecular complexity index is 566. The SMILES string of the molecule is Fc1cc(-c2nc(CNC3CC3)cs2)ccc1Cl. The van der Waals surface area contributed by atoms with Gasteiger partial charge in [-0.1, -0.05) is 17.7 Å². The largest absolute Gasteiger partial charge is 0.308 e. The lowest BCUT2D eigenvalue weighted by molar-refractivity contribution is 0.628. The lowest BCUT2D eigenvalue weighted by atomic mass is 10.2. The van der Waals surface area contributed by atoms with Crippen LogP contribution in [0.2, 0.25) is 5.02 Å². The zero-order valence-electron chi connectivity index (χ0n) is 9.62. The van der Waals surface area contributed by atoms with Crippen molar-refractivity contribution in [1.29, 1.82) is 0 Å². The van der Waals surface area contributed by atoms with E-state index in [1.54, 1.807) is 12.1 Å². The smallest absolute Gasteiger partial charge is 0.142 e. The van der Waals surface area contributed by atoms with Crippen molar-refractivity contribution in [2.24, 2.45) is 0 Å². The molecule has 0 unspecified atom stereocenters. The first-order valence-corrected chi connectivity index (χ1v) is 7.11. The van der Waals surface area contributed by atoms with Gasteiger partial charge in [0.05, 0.1) is 10.7 Å². The second kappa shape index (κ2) is 4.96. The van der Waals surface area contributed by atoms with Gasteiger partial charge in [0, 0.05) is 23.5 Å². The van der Waals surface area contributed by atoms with Crippen LogP contribution < -0.4 is 5.32 Å². The second-order valence-electron chi connectivity index (χ2n) is 4.43. The number of nitrogens with one attached hydrogen (secondary N) is 1. The molecule has 1 aliphatic carbocycles. The molecular formula is C13H12ClFN2S. The average molecular weight is 283 g/mol. The minimum Gasteiger partial charge on any atom is -0.308 e. The molecule has 2 nitrogen and oxygen atoms in total. The van der Waals surface area contributed by atoms with E-state index in [1.807, 2.05) is 5.38 Å². The highest BCUT2D eigenvalue weighted by atomic mass is 35.5. The second-order valence-corrected chi connectivity index (χ2v) is 5.69. The number of thiazole rings is 1. The number of nitrogens with zero attached hydrogens (tertiary/aromatic N) is 1. The molecule has 0 amide bonds. The Morgan fingerprint density at radius 3 is 3.00 bits per heavy atom. The molecule has 0 radical (unpaired) electrons. The van der Waals surface area contributed by atoms with Gasteiger partial charge < -0.3 is 5.32 Å². The Kier molecular flexibility index (Phi) is 3.33. The fraction of sp³-hybridized carbons (Fsp3) is 0.308. The minimum absolute atomic E-state index is 0.144. The summed E-state index contributed by atoms with van der Waals surface area (Å²) in [6.45, 7) is 0.789. The first kappa shape index (κ1) is 12.1. The van der Waals surface area contributed by atoms with Gasteiger partial charge in [-0.15, -0.1) is 11.3 Å². The van der Waals surface area contributed by atoms with Gasteiger partial charge in [0.25, 0.3) is 0 Å². The summed E-state index contributed by atoms with van der Waals surface area (Å²) in [5.41, 5.74) is 1.79. The molecule has 1 N–H and O–H groups in total. The highest BCUT2D eigenvalue weighted by Crippen LogP contribution is 2.27. The van der Waals surface area contributed by atoms with Crippen LogP contribution >= 0.6 is 22.9 Å². The zero-order valence-corrected chi connectivity index (χ0v) is 11.2. The van der Waals surface area contributed by atoms with Crippen LogP contribution in [0.25, 0.3) is 10.6 Å². The maximum Gasteiger partial charge on any atom is 0.142 e. The van der Waals surface area contributed by atoms with Gasteiger partial charge in [-0.25, -0.2) is 9.37 Å². The highest BCUT2D eigenvalue weighted by molar-refractivity contribution is 7.13. The average Bonchev–Trinajstić information content (AvgIpc) is 3.08. The molecule has 2 aromatic rings. The molecule has 18 heavy (non-hydrogen) atoms. The van der Waals surface area contributed by atoms with Crippen LogP contribution in [0.4, 0.5) is 4.39 Å². The van der Waals surface area contributed by atoms with Crippen molar-refractivity contribution in [3.8, 4) is 10.6 Å². The fourth-order valence-corrected chi connectivity index (χ4v) is 2.62. The van der Waals surface area contributed by atoms with Crippen LogP contribution in [0.1, 0.15) is 18.5 Å². The van der Waals surface area contributed by atoms with Gasteiger partial charge in [-0.3, -0.25) is 0 Å².